The van der Waals surface area contributed by atoms with E-state index >= 15 is 0 Å². The van der Waals surface area contributed by atoms with Gasteiger partial charge >= 0.3 is 6.09 Å². The van der Waals surface area contributed by atoms with Crippen LogP contribution in [0.25, 0.3) is 0 Å². The van der Waals surface area contributed by atoms with Crippen molar-refractivity contribution in [2.75, 3.05) is 5.32 Å². The Labute approximate surface area is 113 Å². The highest BCUT2D eigenvalue weighted by atomic mass is 79.9. The molecule has 92 valence electrons. The van der Waals surface area contributed by atoms with Crippen LogP contribution in [0.4, 0.5) is 10.6 Å². The number of hydrogen-bond donors (Lipinski definition) is 1. The fourth-order valence-corrected chi connectivity index (χ4v) is 1.56. The Morgan fingerprint density at radius 3 is 2.61 bits per heavy atom. The van der Waals surface area contributed by atoms with Crippen LogP contribution in [0.2, 0.25) is 0 Å². The summed E-state index contributed by atoms with van der Waals surface area (Å²) >= 11 is 3.34. The average Bonchev–Trinajstić information content (AvgIpc) is 2.35. The van der Waals surface area contributed by atoms with Crippen LogP contribution in [0.5, 0.6) is 5.75 Å². The van der Waals surface area contributed by atoms with Crippen molar-refractivity contribution in [2.24, 2.45) is 0 Å². The number of benzene rings is 1. The van der Waals surface area contributed by atoms with Gasteiger partial charge in [0.1, 0.15) is 11.6 Å². The van der Waals surface area contributed by atoms with Crippen LogP contribution in [0, 0.1) is 6.92 Å². The number of nitrogens with zero attached hydrogens (tertiary/aromatic N) is 1. The van der Waals surface area contributed by atoms with Gasteiger partial charge in [-0.05, 0) is 47.1 Å². The number of carbonyl (C=O) groups excluding carboxylic acids is 1. The number of para-hydroxylation sites is 1. The fraction of sp³-hybridized carbons (Fsp3) is 0.0769. The van der Waals surface area contributed by atoms with E-state index in [1.165, 1.54) is 0 Å². The van der Waals surface area contributed by atoms with Crippen molar-refractivity contribution in [1.29, 1.82) is 0 Å². The molecular formula is C13H11BrN2O2. The zero-order valence-electron chi connectivity index (χ0n) is 9.68. The highest BCUT2D eigenvalue weighted by Gasteiger charge is 2.06. The summed E-state index contributed by atoms with van der Waals surface area (Å²) in [5, 5.41) is 2.57. The number of hydrogen-bond acceptors (Lipinski definition) is 3. The molecule has 1 aromatic carbocycles. The highest BCUT2D eigenvalue weighted by molar-refractivity contribution is 9.10. The SMILES string of the molecule is Cc1nc(NC(=O)Oc2ccccc2)ccc1Br. The van der Waals surface area contributed by atoms with Gasteiger partial charge in [0.25, 0.3) is 0 Å². The third-order valence-electron chi connectivity index (χ3n) is 2.21. The Hall–Kier alpha value is -1.88. The first-order valence-corrected chi connectivity index (χ1v) is 6.11. The number of amides is 1. The minimum atomic E-state index is -0.560. The molecule has 0 saturated carbocycles. The standard InChI is InChI=1S/C13H11BrN2O2/c1-9-11(14)7-8-12(15-9)16-13(17)18-10-5-3-2-4-6-10/h2-8H,1H3,(H,15,16,17). The van der Waals surface area contributed by atoms with Gasteiger partial charge in [-0.2, -0.15) is 0 Å². The van der Waals surface area contributed by atoms with E-state index in [1.54, 1.807) is 30.3 Å². The van der Waals surface area contributed by atoms with Crippen molar-refractivity contribution in [2.45, 2.75) is 6.92 Å². The molecular weight excluding hydrogens is 296 g/mol. The van der Waals surface area contributed by atoms with Crippen LogP contribution in [0.3, 0.4) is 0 Å². The summed E-state index contributed by atoms with van der Waals surface area (Å²) in [6.07, 6.45) is -0.560. The summed E-state index contributed by atoms with van der Waals surface area (Å²) in [4.78, 5) is 15.8. The van der Waals surface area contributed by atoms with E-state index < -0.39 is 6.09 Å². The lowest BCUT2D eigenvalue weighted by Gasteiger charge is -2.06. The van der Waals surface area contributed by atoms with Gasteiger partial charge in [0, 0.05) is 4.47 Å². The Morgan fingerprint density at radius 1 is 1.22 bits per heavy atom. The van der Waals surface area contributed by atoms with Gasteiger partial charge in [0.2, 0.25) is 0 Å². The van der Waals surface area contributed by atoms with Crippen molar-refractivity contribution in [3.05, 3.63) is 52.6 Å². The molecule has 1 N–H and O–H groups in total. The van der Waals surface area contributed by atoms with E-state index in [0.29, 0.717) is 11.6 Å². The van der Waals surface area contributed by atoms with Gasteiger partial charge < -0.3 is 4.74 Å². The van der Waals surface area contributed by atoms with Gasteiger partial charge in [-0.25, -0.2) is 9.78 Å². The molecule has 0 atom stereocenters. The first-order chi connectivity index (χ1) is 8.65. The third-order valence-corrected chi connectivity index (χ3v) is 3.04. The minimum absolute atomic E-state index is 0.455. The summed E-state index contributed by atoms with van der Waals surface area (Å²) in [5.74, 6) is 0.945. The molecule has 0 radical (unpaired) electrons. The second-order valence-electron chi connectivity index (χ2n) is 3.59. The van der Waals surface area contributed by atoms with Crippen LogP contribution in [-0.4, -0.2) is 11.1 Å². The van der Waals surface area contributed by atoms with E-state index in [4.69, 9.17) is 4.74 Å². The van der Waals surface area contributed by atoms with Crippen molar-refractivity contribution in [1.82, 2.24) is 4.98 Å². The van der Waals surface area contributed by atoms with Crippen LogP contribution in [0.1, 0.15) is 5.69 Å². The largest absolute Gasteiger partial charge is 0.418 e. The number of pyridine rings is 1. The average molecular weight is 307 g/mol. The van der Waals surface area contributed by atoms with Crippen LogP contribution in [0.15, 0.2) is 46.9 Å². The van der Waals surface area contributed by atoms with Gasteiger partial charge in [0.05, 0.1) is 5.69 Å². The zero-order valence-corrected chi connectivity index (χ0v) is 11.3. The number of nitrogens with one attached hydrogen (secondary N) is 1. The van der Waals surface area contributed by atoms with E-state index in [0.717, 1.165) is 10.2 Å². The Balaban J connectivity index is 2.01. The molecule has 5 heteroatoms. The molecule has 1 heterocycles. The molecule has 0 aliphatic heterocycles. The molecule has 0 spiro atoms. The molecule has 1 aromatic heterocycles. The van der Waals surface area contributed by atoms with Gasteiger partial charge in [-0.1, -0.05) is 18.2 Å². The second kappa shape index (κ2) is 5.64. The van der Waals surface area contributed by atoms with Gasteiger partial charge in [-0.15, -0.1) is 0 Å². The molecule has 0 bridgehead atoms. The number of aryl methyl sites for hydroxylation is 1. The molecule has 2 rings (SSSR count). The molecule has 0 fully saturated rings. The molecule has 0 aliphatic rings. The van der Waals surface area contributed by atoms with E-state index in [2.05, 4.69) is 26.2 Å². The number of anilines is 1. The van der Waals surface area contributed by atoms with E-state index in [9.17, 15) is 4.79 Å². The number of carbonyl (C=O) groups is 1. The Morgan fingerprint density at radius 2 is 1.94 bits per heavy atom. The maximum absolute atomic E-state index is 11.6. The number of ether oxygens (including phenoxy) is 1. The second-order valence-corrected chi connectivity index (χ2v) is 4.45. The molecule has 4 nitrogen and oxygen atoms in total. The van der Waals surface area contributed by atoms with Crippen LogP contribution >= 0.6 is 15.9 Å². The predicted octanol–water partition coefficient (Wildman–Crippen LogP) is 3.76. The van der Waals surface area contributed by atoms with Crippen molar-refractivity contribution in [3.8, 4) is 5.75 Å². The summed E-state index contributed by atoms with van der Waals surface area (Å²) in [6, 6.07) is 12.4. The third kappa shape index (κ3) is 3.30. The Kier molecular flexibility index (Phi) is 3.94. The number of rotatable bonds is 2. The van der Waals surface area contributed by atoms with Crippen molar-refractivity contribution >= 4 is 27.8 Å². The van der Waals surface area contributed by atoms with Crippen molar-refractivity contribution in [3.63, 3.8) is 0 Å². The topological polar surface area (TPSA) is 51.2 Å². The summed E-state index contributed by atoms with van der Waals surface area (Å²) in [7, 11) is 0. The maximum atomic E-state index is 11.6. The number of aromatic nitrogens is 1. The van der Waals surface area contributed by atoms with Gasteiger partial charge in [0.15, 0.2) is 0 Å². The lowest BCUT2D eigenvalue weighted by atomic mass is 10.3. The van der Waals surface area contributed by atoms with Crippen molar-refractivity contribution < 1.29 is 9.53 Å². The normalized spacial score (nSPS) is 9.89. The molecule has 1 amide bonds. The molecule has 2 aromatic rings. The predicted molar refractivity (Wildman–Crippen MR) is 72.8 cm³/mol. The molecule has 0 saturated heterocycles. The smallest absolute Gasteiger partial charge is 0.410 e. The number of halogens is 1. The summed E-state index contributed by atoms with van der Waals surface area (Å²) in [5.41, 5.74) is 0.799. The first-order valence-electron chi connectivity index (χ1n) is 5.32. The highest BCUT2D eigenvalue weighted by Crippen LogP contribution is 2.16. The lowest BCUT2D eigenvalue weighted by Crippen LogP contribution is -2.17. The van der Waals surface area contributed by atoms with Gasteiger partial charge in [-0.3, -0.25) is 5.32 Å². The van der Waals surface area contributed by atoms with E-state index in [1.807, 2.05) is 19.1 Å². The van der Waals surface area contributed by atoms with Crippen LogP contribution < -0.4 is 10.1 Å². The molecule has 0 unspecified atom stereocenters. The van der Waals surface area contributed by atoms with Crippen LogP contribution in [-0.2, 0) is 0 Å². The fourth-order valence-electron chi connectivity index (χ4n) is 1.34. The quantitative estimate of drug-likeness (QED) is 0.919. The molecule has 18 heavy (non-hydrogen) atoms. The summed E-state index contributed by atoms with van der Waals surface area (Å²) < 4.78 is 5.98. The monoisotopic (exact) mass is 306 g/mol. The zero-order chi connectivity index (χ0) is 13.0. The first kappa shape index (κ1) is 12.6. The minimum Gasteiger partial charge on any atom is -0.410 e. The maximum Gasteiger partial charge on any atom is 0.418 e. The van der Waals surface area contributed by atoms with E-state index in [-0.39, 0.29) is 0 Å². The Bertz CT molecular complexity index is 558. The summed E-state index contributed by atoms with van der Waals surface area (Å²) in [6.45, 7) is 1.85. The lowest BCUT2D eigenvalue weighted by molar-refractivity contribution is 0.215. The molecule has 0 aliphatic carbocycles.